The summed E-state index contributed by atoms with van der Waals surface area (Å²) in [5, 5.41) is 0. The topological polar surface area (TPSA) is 73.4 Å². The number of hydrogen-bond donors (Lipinski definition) is 1. The molecule has 0 spiro atoms. The first-order valence-corrected chi connectivity index (χ1v) is 9.60. The Hall–Kier alpha value is -2.55. The first-order chi connectivity index (χ1) is 13.7. The van der Waals surface area contributed by atoms with Gasteiger partial charge >= 0.3 is 6.36 Å². The van der Waals surface area contributed by atoms with Crippen LogP contribution in [0.2, 0.25) is 0 Å². The molecule has 0 saturated heterocycles. The Morgan fingerprint density at radius 2 is 2.10 bits per heavy atom. The summed E-state index contributed by atoms with van der Waals surface area (Å²) >= 11 is 0. The second-order valence-corrected chi connectivity index (χ2v) is 7.47. The fourth-order valence-electron chi connectivity index (χ4n) is 3.70. The van der Waals surface area contributed by atoms with E-state index in [0.717, 1.165) is 32.1 Å². The summed E-state index contributed by atoms with van der Waals surface area (Å²) in [4.78, 5) is 19.0. The Bertz CT molecular complexity index is 837. The average molecular weight is 410 g/mol. The van der Waals surface area contributed by atoms with Crippen LogP contribution in [-0.2, 0) is 13.6 Å². The molecule has 3 rings (SSSR count). The predicted molar refractivity (Wildman–Crippen MR) is 101 cm³/mol. The van der Waals surface area contributed by atoms with Gasteiger partial charge in [0.15, 0.2) is 0 Å². The lowest BCUT2D eigenvalue weighted by Gasteiger charge is -2.31. The quantitative estimate of drug-likeness (QED) is 0.764. The van der Waals surface area contributed by atoms with E-state index in [1.165, 1.54) is 18.2 Å². The first-order valence-electron chi connectivity index (χ1n) is 9.60. The van der Waals surface area contributed by atoms with Gasteiger partial charge in [0.25, 0.3) is 5.91 Å². The van der Waals surface area contributed by atoms with Crippen molar-refractivity contribution in [2.45, 2.75) is 57.1 Å². The van der Waals surface area contributed by atoms with E-state index in [4.69, 9.17) is 5.73 Å². The largest absolute Gasteiger partial charge is 0.573 e. The molecule has 9 heteroatoms. The second kappa shape index (κ2) is 8.86. The SMILES string of the molecule is Cn1cnc(C(=O)N(Cc2cccc(OC(F)(F)F)c2)C2CCCC(N)CC2)c1. The van der Waals surface area contributed by atoms with Crippen molar-refractivity contribution in [3.8, 4) is 5.75 Å². The number of nitrogens with zero attached hydrogens (tertiary/aromatic N) is 3. The number of aromatic nitrogens is 2. The molecule has 0 radical (unpaired) electrons. The molecule has 2 unspecified atom stereocenters. The Morgan fingerprint density at radius 1 is 1.31 bits per heavy atom. The fourth-order valence-corrected chi connectivity index (χ4v) is 3.70. The minimum Gasteiger partial charge on any atom is -0.406 e. The summed E-state index contributed by atoms with van der Waals surface area (Å²) in [6.45, 7) is 0.171. The molecule has 6 nitrogen and oxygen atoms in total. The van der Waals surface area contributed by atoms with Gasteiger partial charge < -0.3 is 19.9 Å². The Labute approximate surface area is 167 Å². The van der Waals surface area contributed by atoms with E-state index in [1.807, 2.05) is 0 Å². The van der Waals surface area contributed by atoms with Gasteiger partial charge in [-0.1, -0.05) is 12.1 Å². The molecule has 1 amide bonds. The lowest BCUT2D eigenvalue weighted by atomic mass is 10.0. The van der Waals surface area contributed by atoms with Gasteiger partial charge in [0.1, 0.15) is 11.4 Å². The fraction of sp³-hybridized carbons (Fsp3) is 0.500. The molecule has 1 aromatic heterocycles. The molecule has 1 saturated carbocycles. The van der Waals surface area contributed by atoms with Gasteiger partial charge in [0.2, 0.25) is 0 Å². The molecular formula is C20H25F3N4O2. The molecule has 1 aromatic carbocycles. The van der Waals surface area contributed by atoms with Crippen LogP contribution in [0.25, 0.3) is 0 Å². The monoisotopic (exact) mass is 410 g/mol. The number of halogens is 3. The van der Waals surface area contributed by atoms with E-state index < -0.39 is 6.36 Å². The van der Waals surface area contributed by atoms with Crippen LogP contribution in [0.3, 0.4) is 0 Å². The highest BCUT2D eigenvalue weighted by Gasteiger charge is 2.32. The highest BCUT2D eigenvalue weighted by molar-refractivity contribution is 5.92. The number of carbonyl (C=O) groups is 1. The summed E-state index contributed by atoms with van der Waals surface area (Å²) in [5.74, 6) is -0.545. The number of rotatable bonds is 5. The molecule has 158 valence electrons. The summed E-state index contributed by atoms with van der Waals surface area (Å²) in [6.07, 6.45) is 2.57. The summed E-state index contributed by atoms with van der Waals surface area (Å²) < 4.78 is 43.4. The molecule has 0 bridgehead atoms. The van der Waals surface area contributed by atoms with Crippen LogP contribution in [0.15, 0.2) is 36.8 Å². The van der Waals surface area contributed by atoms with Crippen molar-refractivity contribution in [1.82, 2.24) is 14.5 Å². The van der Waals surface area contributed by atoms with Crippen LogP contribution in [0.1, 0.15) is 48.2 Å². The van der Waals surface area contributed by atoms with E-state index in [9.17, 15) is 18.0 Å². The summed E-state index contributed by atoms with van der Waals surface area (Å²) in [5.41, 5.74) is 6.95. The number of aryl methyl sites for hydroxylation is 1. The third kappa shape index (κ3) is 5.96. The van der Waals surface area contributed by atoms with Gasteiger partial charge in [-0.15, -0.1) is 13.2 Å². The highest BCUT2D eigenvalue weighted by atomic mass is 19.4. The molecule has 1 aliphatic carbocycles. The zero-order valence-corrected chi connectivity index (χ0v) is 16.2. The number of benzene rings is 1. The maximum atomic E-state index is 13.2. The van der Waals surface area contributed by atoms with Crippen LogP contribution < -0.4 is 10.5 Å². The van der Waals surface area contributed by atoms with Gasteiger partial charge in [-0.05, 0) is 49.8 Å². The number of alkyl halides is 3. The zero-order chi connectivity index (χ0) is 21.0. The van der Waals surface area contributed by atoms with Crippen LogP contribution in [0, 0.1) is 0 Å². The van der Waals surface area contributed by atoms with Crippen LogP contribution in [-0.4, -0.2) is 38.8 Å². The maximum Gasteiger partial charge on any atom is 0.573 e. The molecule has 0 aliphatic heterocycles. The molecule has 29 heavy (non-hydrogen) atoms. The van der Waals surface area contributed by atoms with Crippen LogP contribution in [0.4, 0.5) is 13.2 Å². The zero-order valence-electron chi connectivity index (χ0n) is 16.2. The van der Waals surface area contributed by atoms with Crippen molar-refractivity contribution < 1.29 is 22.7 Å². The Balaban J connectivity index is 1.85. The first kappa shape index (κ1) is 21.2. The van der Waals surface area contributed by atoms with Gasteiger partial charge in [0.05, 0.1) is 6.33 Å². The number of amides is 1. The number of ether oxygens (including phenoxy) is 1. The van der Waals surface area contributed by atoms with Crippen molar-refractivity contribution in [3.05, 3.63) is 48.0 Å². The average Bonchev–Trinajstić information content (AvgIpc) is 2.96. The van der Waals surface area contributed by atoms with E-state index in [0.29, 0.717) is 11.3 Å². The summed E-state index contributed by atoms with van der Waals surface area (Å²) in [6, 6.07) is 5.79. The molecular weight excluding hydrogens is 385 g/mol. The van der Waals surface area contributed by atoms with Crippen LogP contribution >= 0.6 is 0 Å². The van der Waals surface area contributed by atoms with Crippen molar-refractivity contribution in [2.24, 2.45) is 12.8 Å². The van der Waals surface area contributed by atoms with Gasteiger partial charge in [-0.25, -0.2) is 4.98 Å². The van der Waals surface area contributed by atoms with E-state index in [1.54, 1.807) is 35.1 Å². The number of carbonyl (C=O) groups excluding carboxylic acids is 1. The Kier molecular flexibility index (Phi) is 6.46. The van der Waals surface area contributed by atoms with Crippen molar-refractivity contribution in [1.29, 1.82) is 0 Å². The number of nitrogens with two attached hydrogens (primary N) is 1. The predicted octanol–water partition coefficient (Wildman–Crippen LogP) is 3.62. The Morgan fingerprint density at radius 3 is 2.79 bits per heavy atom. The van der Waals surface area contributed by atoms with E-state index >= 15 is 0 Å². The molecule has 1 heterocycles. The van der Waals surface area contributed by atoms with Crippen molar-refractivity contribution in [2.75, 3.05) is 0 Å². The maximum absolute atomic E-state index is 13.2. The molecule has 2 aromatic rings. The van der Waals surface area contributed by atoms with E-state index in [-0.39, 0.29) is 30.3 Å². The lowest BCUT2D eigenvalue weighted by molar-refractivity contribution is -0.274. The molecule has 2 atom stereocenters. The minimum absolute atomic E-state index is 0.0507. The van der Waals surface area contributed by atoms with E-state index in [2.05, 4.69) is 9.72 Å². The minimum atomic E-state index is -4.76. The standard InChI is InChI=1S/C20H25F3N4O2/c1-26-12-18(25-13-26)19(28)27(16-6-3-5-15(24)8-9-16)11-14-4-2-7-17(10-14)29-20(21,22)23/h2,4,7,10,12-13,15-16H,3,5-6,8-9,11,24H2,1H3. The number of hydrogen-bond acceptors (Lipinski definition) is 4. The van der Waals surface area contributed by atoms with Crippen LogP contribution in [0.5, 0.6) is 5.75 Å². The molecule has 1 fully saturated rings. The van der Waals surface area contributed by atoms with Gasteiger partial charge in [-0.2, -0.15) is 0 Å². The van der Waals surface area contributed by atoms with Gasteiger partial charge in [0, 0.05) is 31.9 Å². The highest BCUT2D eigenvalue weighted by Crippen LogP contribution is 2.27. The number of imidazole rings is 1. The lowest BCUT2D eigenvalue weighted by Crippen LogP contribution is -2.40. The molecule has 1 aliphatic rings. The third-order valence-corrected chi connectivity index (χ3v) is 5.09. The third-order valence-electron chi connectivity index (χ3n) is 5.09. The van der Waals surface area contributed by atoms with Gasteiger partial charge in [-0.3, -0.25) is 4.79 Å². The summed E-state index contributed by atoms with van der Waals surface area (Å²) in [7, 11) is 1.77. The smallest absolute Gasteiger partial charge is 0.406 e. The van der Waals surface area contributed by atoms with Crippen molar-refractivity contribution >= 4 is 5.91 Å². The normalized spacial score (nSPS) is 20.2. The molecule has 2 N–H and O–H groups in total. The second-order valence-electron chi connectivity index (χ2n) is 7.47. The van der Waals surface area contributed by atoms with Crippen molar-refractivity contribution in [3.63, 3.8) is 0 Å².